The van der Waals surface area contributed by atoms with Crippen molar-refractivity contribution in [3.63, 3.8) is 0 Å². The zero-order valence-electron chi connectivity index (χ0n) is 34.7. The summed E-state index contributed by atoms with van der Waals surface area (Å²) in [5, 5.41) is 20.0. The summed E-state index contributed by atoms with van der Waals surface area (Å²) in [5.74, 6) is 0. The van der Waals surface area contributed by atoms with Crippen LogP contribution in [0, 0.1) is 0 Å². The number of furan rings is 1. The highest BCUT2D eigenvalue weighted by molar-refractivity contribution is 6.37. The molecule has 0 saturated carbocycles. The van der Waals surface area contributed by atoms with Crippen LogP contribution >= 0.6 is 0 Å². The van der Waals surface area contributed by atoms with Crippen LogP contribution < -0.4 is 4.90 Å². The summed E-state index contributed by atoms with van der Waals surface area (Å²) >= 11 is 0. The van der Waals surface area contributed by atoms with Crippen molar-refractivity contribution in [1.82, 2.24) is 0 Å². The Bertz CT molecular complexity index is 4180. The molecule has 0 amide bonds. The second-order valence-corrected chi connectivity index (χ2v) is 17.2. The lowest BCUT2D eigenvalue weighted by atomic mass is 9.87. The number of nitrogens with zero attached hydrogens (tertiary/aromatic N) is 1. The molecule has 0 saturated heterocycles. The summed E-state index contributed by atoms with van der Waals surface area (Å²) in [4.78, 5) is 2.45. The van der Waals surface area contributed by atoms with E-state index < -0.39 is 0 Å². The number of para-hydroxylation sites is 1. The highest BCUT2D eigenvalue weighted by atomic mass is 16.3. The van der Waals surface area contributed by atoms with E-state index in [2.05, 4.69) is 217 Å². The van der Waals surface area contributed by atoms with Crippen molar-refractivity contribution < 1.29 is 4.42 Å². The Morgan fingerprint density at radius 2 is 0.781 bits per heavy atom. The zero-order valence-corrected chi connectivity index (χ0v) is 34.7. The van der Waals surface area contributed by atoms with Gasteiger partial charge in [0.1, 0.15) is 11.2 Å². The maximum absolute atomic E-state index is 6.24. The van der Waals surface area contributed by atoms with Gasteiger partial charge in [0.05, 0.1) is 0 Å². The van der Waals surface area contributed by atoms with Crippen LogP contribution in [-0.2, 0) is 0 Å². The molecule has 0 spiro atoms. The monoisotopic (exact) mass is 811 g/mol. The summed E-state index contributed by atoms with van der Waals surface area (Å²) in [6, 6.07) is 82.7. The Kier molecular flexibility index (Phi) is 7.43. The molecule has 0 aliphatic rings. The van der Waals surface area contributed by atoms with Crippen LogP contribution in [0.15, 0.2) is 229 Å². The van der Waals surface area contributed by atoms with E-state index in [4.69, 9.17) is 4.42 Å². The van der Waals surface area contributed by atoms with Gasteiger partial charge in [0.15, 0.2) is 0 Å². The quantitative estimate of drug-likeness (QED) is 0.161. The maximum Gasteiger partial charge on any atom is 0.135 e. The van der Waals surface area contributed by atoms with Gasteiger partial charge < -0.3 is 9.32 Å². The van der Waals surface area contributed by atoms with E-state index in [-0.39, 0.29) is 0 Å². The molecular formula is C62H37NO. The third kappa shape index (κ3) is 5.20. The third-order valence-corrected chi connectivity index (χ3v) is 13.7. The second-order valence-electron chi connectivity index (χ2n) is 17.2. The summed E-state index contributed by atoms with van der Waals surface area (Å²) < 4.78 is 6.24. The average Bonchev–Trinajstić information content (AvgIpc) is 3.73. The molecule has 2 nitrogen and oxygen atoms in total. The normalized spacial score (nSPS) is 12.1. The minimum Gasteiger partial charge on any atom is -0.456 e. The van der Waals surface area contributed by atoms with Gasteiger partial charge in [0.2, 0.25) is 0 Å². The summed E-state index contributed by atoms with van der Waals surface area (Å²) in [6.45, 7) is 0. The predicted molar refractivity (Wildman–Crippen MR) is 273 cm³/mol. The van der Waals surface area contributed by atoms with Gasteiger partial charge in [-0.25, -0.2) is 0 Å². The number of benzene rings is 12. The van der Waals surface area contributed by atoms with Crippen LogP contribution in [0.25, 0.3) is 120 Å². The fourth-order valence-corrected chi connectivity index (χ4v) is 10.8. The number of anilines is 3. The van der Waals surface area contributed by atoms with Crippen molar-refractivity contribution in [2.75, 3.05) is 4.90 Å². The van der Waals surface area contributed by atoms with E-state index in [1.807, 2.05) is 12.1 Å². The average molecular weight is 812 g/mol. The molecule has 14 rings (SSSR count). The molecule has 0 bridgehead atoms. The Balaban J connectivity index is 1.05. The Labute approximate surface area is 368 Å². The van der Waals surface area contributed by atoms with Crippen molar-refractivity contribution in [2.45, 2.75) is 0 Å². The number of hydrogen-bond acceptors (Lipinski definition) is 2. The van der Waals surface area contributed by atoms with E-state index >= 15 is 0 Å². The molecule has 0 atom stereocenters. The molecule has 0 radical (unpaired) electrons. The van der Waals surface area contributed by atoms with Gasteiger partial charge in [-0.1, -0.05) is 170 Å². The van der Waals surface area contributed by atoms with Crippen LogP contribution in [0.3, 0.4) is 0 Å². The number of hydrogen-bond donors (Lipinski definition) is 0. The minimum atomic E-state index is 0.898. The predicted octanol–water partition coefficient (Wildman–Crippen LogP) is 17.9. The lowest BCUT2D eigenvalue weighted by molar-refractivity contribution is 0.669. The van der Waals surface area contributed by atoms with Crippen LogP contribution in [-0.4, -0.2) is 0 Å². The molecule has 1 aromatic heterocycles. The van der Waals surface area contributed by atoms with Gasteiger partial charge in [-0.2, -0.15) is 0 Å². The van der Waals surface area contributed by atoms with E-state index in [0.29, 0.717) is 0 Å². The Morgan fingerprint density at radius 1 is 0.250 bits per heavy atom. The largest absolute Gasteiger partial charge is 0.456 e. The van der Waals surface area contributed by atoms with Gasteiger partial charge in [-0.05, 0) is 152 Å². The van der Waals surface area contributed by atoms with E-state index in [0.717, 1.165) is 50.1 Å². The summed E-state index contributed by atoms with van der Waals surface area (Å²) in [7, 11) is 0. The molecule has 1 heterocycles. The van der Waals surface area contributed by atoms with Crippen molar-refractivity contribution in [2.24, 2.45) is 0 Å². The van der Waals surface area contributed by atoms with Crippen molar-refractivity contribution in [1.29, 1.82) is 0 Å². The Morgan fingerprint density at radius 3 is 1.53 bits per heavy atom. The molecule has 296 valence electrons. The van der Waals surface area contributed by atoms with Gasteiger partial charge in [-0.15, -0.1) is 0 Å². The third-order valence-electron chi connectivity index (χ3n) is 13.7. The van der Waals surface area contributed by atoms with E-state index in [9.17, 15) is 0 Å². The van der Waals surface area contributed by atoms with Gasteiger partial charge in [0, 0.05) is 27.8 Å². The fraction of sp³-hybridized carbons (Fsp3) is 0. The van der Waals surface area contributed by atoms with Crippen LogP contribution in [0.5, 0.6) is 0 Å². The summed E-state index contributed by atoms with van der Waals surface area (Å²) in [5.41, 5.74) is 9.77. The van der Waals surface area contributed by atoms with Crippen molar-refractivity contribution in [3.05, 3.63) is 224 Å². The Hall–Kier alpha value is -8.46. The van der Waals surface area contributed by atoms with Gasteiger partial charge in [0.25, 0.3) is 0 Å². The first-order valence-corrected chi connectivity index (χ1v) is 22.1. The molecular weight excluding hydrogens is 775 g/mol. The molecule has 2 heteroatoms. The van der Waals surface area contributed by atoms with Crippen LogP contribution in [0.1, 0.15) is 0 Å². The fourth-order valence-electron chi connectivity index (χ4n) is 10.8. The molecule has 0 aliphatic heterocycles. The van der Waals surface area contributed by atoms with Crippen molar-refractivity contribution in [3.8, 4) is 22.3 Å². The SMILES string of the molecule is c1cc(-c2ccc3oc4ccccc4c3c2)cc(N(c2ccc(-c3cccc4ccccc34)cc2)c2cc3ccc4cccc5c6cccc7ccc8cccc(c(c2)c3c45)c8c76)c1. The number of rotatable bonds is 5. The maximum atomic E-state index is 6.24. The molecule has 64 heavy (non-hydrogen) atoms. The first-order chi connectivity index (χ1) is 31.7. The zero-order chi connectivity index (χ0) is 41.9. The van der Waals surface area contributed by atoms with Crippen LogP contribution in [0.2, 0.25) is 0 Å². The number of fused-ring (bicyclic) bond motifs is 6. The highest BCUT2D eigenvalue weighted by Crippen LogP contribution is 2.47. The molecule has 0 N–H and O–H groups in total. The van der Waals surface area contributed by atoms with Crippen LogP contribution in [0.4, 0.5) is 17.1 Å². The smallest absolute Gasteiger partial charge is 0.135 e. The van der Waals surface area contributed by atoms with E-state index in [1.165, 1.54) is 86.5 Å². The first kappa shape index (κ1) is 35.2. The highest BCUT2D eigenvalue weighted by Gasteiger charge is 2.20. The lowest BCUT2D eigenvalue weighted by Crippen LogP contribution is -2.10. The van der Waals surface area contributed by atoms with Gasteiger partial charge >= 0.3 is 0 Å². The van der Waals surface area contributed by atoms with Crippen molar-refractivity contribution >= 4 is 114 Å². The minimum absolute atomic E-state index is 0.898. The molecule has 0 fully saturated rings. The molecule has 14 aromatic rings. The topological polar surface area (TPSA) is 16.4 Å². The molecule has 13 aromatic carbocycles. The van der Waals surface area contributed by atoms with Gasteiger partial charge in [-0.3, -0.25) is 0 Å². The lowest BCUT2D eigenvalue weighted by Gasteiger charge is -2.27. The first-order valence-electron chi connectivity index (χ1n) is 22.1. The molecule has 0 unspecified atom stereocenters. The van der Waals surface area contributed by atoms with E-state index in [1.54, 1.807) is 0 Å². The standard InChI is InChI=1S/C62H37NO/c1-2-17-49-38(10-1)11-6-19-50(49)39-28-31-46(32-29-39)63(47-16-5-15-43(34-47)44-30-33-58-55(36-44)51-18-3-4-23-57(51)64-58)48-35-45-27-26-42-13-8-21-53-52-20-7-12-40-24-25-41-14-9-22-54(61(41)59(40)52)56(37-48)62(45)60(42)53/h1-37H. The summed E-state index contributed by atoms with van der Waals surface area (Å²) in [6.07, 6.45) is 0. The molecule has 0 aliphatic carbocycles. The second kappa shape index (κ2) is 13.5.